The molecule has 0 bridgehead atoms. The van der Waals surface area contributed by atoms with Gasteiger partial charge >= 0.3 is 0 Å². The zero-order chi connectivity index (χ0) is 25.9. The van der Waals surface area contributed by atoms with Crippen molar-refractivity contribution in [1.82, 2.24) is 14.8 Å². The Morgan fingerprint density at radius 3 is 2.49 bits per heavy atom. The molecule has 0 aliphatic carbocycles. The van der Waals surface area contributed by atoms with Crippen molar-refractivity contribution in [2.45, 2.75) is 37.7 Å². The highest BCUT2D eigenvalue weighted by Crippen LogP contribution is 2.37. The van der Waals surface area contributed by atoms with Gasteiger partial charge in [-0.05, 0) is 56.2 Å². The second-order valence-electron chi connectivity index (χ2n) is 9.10. The van der Waals surface area contributed by atoms with Gasteiger partial charge in [-0.1, -0.05) is 71.4 Å². The lowest BCUT2D eigenvalue weighted by Gasteiger charge is -2.28. The van der Waals surface area contributed by atoms with Gasteiger partial charge in [0, 0.05) is 17.1 Å². The SMILES string of the molecule is COc1ccc(NC(=O)C2=C(C)Nc3nc(SCc4cccc(C)c4)nn3C2c2ccc(C)cc2)cc1. The van der Waals surface area contributed by atoms with Gasteiger partial charge in [0.25, 0.3) is 5.91 Å². The minimum atomic E-state index is -0.420. The van der Waals surface area contributed by atoms with Crippen LogP contribution in [0, 0.1) is 13.8 Å². The van der Waals surface area contributed by atoms with Gasteiger partial charge in [-0.2, -0.15) is 4.98 Å². The fraction of sp³-hybridized carbons (Fsp3) is 0.207. The molecule has 8 heteroatoms. The van der Waals surface area contributed by atoms with E-state index >= 15 is 0 Å². The van der Waals surface area contributed by atoms with Crippen LogP contribution in [0.4, 0.5) is 11.6 Å². The molecule has 0 radical (unpaired) electrons. The number of carbonyl (C=O) groups is 1. The van der Waals surface area contributed by atoms with Crippen LogP contribution < -0.4 is 15.4 Å². The number of anilines is 2. The molecule has 0 fully saturated rings. The van der Waals surface area contributed by atoms with E-state index in [1.54, 1.807) is 18.9 Å². The number of nitrogens with one attached hydrogen (secondary N) is 2. The van der Waals surface area contributed by atoms with Crippen LogP contribution in [0.1, 0.15) is 35.2 Å². The number of nitrogens with zero attached hydrogens (tertiary/aromatic N) is 3. The maximum absolute atomic E-state index is 13.6. The van der Waals surface area contributed by atoms with Crippen LogP contribution in [0.2, 0.25) is 0 Å². The van der Waals surface area contributed by atoms with Gasteiger partial charge in [-0.25, -0.2) is 4.68 Å². The number of aromatic nitrogens is 3. The quantitative estimate of drug-likeness (QED) is 0.291. The van der Waals surface area contributed by atoms with Crippen LogP contribution in [0.5, 0.6) is 5.75 Å². The predicted octanol–water partition coefficient (Wildman–Crippen LogP) is 6.12. The van der Waals surface area contributed by atoms with E-state index in [0.717, 1.165) is 28.3 Å². The molecule has 7 nitrogen and oxygen atoms in total. The van der Waals surface area contributed by atoms with Crippen LogP contribution in [-0.4, -0.2) is 27.8 Å². The maximum Gasteiger partial charge on any atom is 0.255 e. The number of methoxy groups -OCH3 is 1. The second kappa shape index (κ2) is 10.5. The number of carbonyl (C=O) groups excluding carboxylic acids is 1. The summed E-state index contributed by atoms with van der Waals surface area (Å²) in [7, 11) is 1.62. The summed E-state index contributed by atoms with van der Waals surface area (Å²) >= 11 is 1.58. The molecule has 1 aliphatic heterocycles. The number of rotatable bonds is 7. The zero-order valence-electron chi connectivity index (χ0n) is 21.3. The molecule has 1 amide bonds. The van der Waals surface area contributed by atoms with E-state index in [0.29, 0.717) is 22.4 Å². The van der Waals surface area contributed by atoms with Crippen LogP contribution >= 0.6 is 11.8 Å². The Labute approximate surface area is 221 Å². The van der Waals surface area contributed by atoms with Crippen LogP contribution in [0.15, 0.2) is 89.2 Å². The third-order valence-corrected chi connectivity index (χ3v) is 7.18. The van der Waals surface area contributed by atoms with E-state index < -0.39 is 6.04 Å². The van der Waals surface area contributed by atoms with Gasteiger partial charge < -0.3 is 15.4 Å². The number of allylic oxidation sites excluding steroid dienone is 1. The number of benzene rings is 3. The Balaban J connectivity index is 1.46. The highest BCUT2D eigenvalue weighted by atomic mass is 32.2. The second-order valence-corrected chi connectivity index (χ2v) is 10.0. The average Bonchev–Trinajstić information content (AvgIpc) is 3.30. The predicted molar refractivity (Wildman–Crippen MR) is 148 cm³/mol. The first kappa shape index (κ1) is 24.6. The van der Waals surface area contributed by atoms with E-state index in [4.69, 9.17) is 14.8 Å². The molecule has 0 saturated heterocycles. The number of aryl methyl sites for hydroxylation is 2. The summed E-state index contributed by atoms with van der Waals surface area (Å²) in [5.41, 5.74) is 6.58. The van der Waals surface area contributed by atoms with Crippen molar-refractivity contribution in [2.75, 3.05) is 17.7 Å². The monoisotopic (exact) mass is 511 g/mol. The fourth-order valence-electron chi connectivity index (χ4n) is 4.37. The third kappa shape index (κ3) is 5.39. The molecule has 2 N–H and O–H groups in total. The number of hydrogen-bond acceptors (Lipinski definition) is 6. The molecule has 1 aromatic heterocycles. The van der Waals surface area contributed by atoms with Crippen molar-refractivity contribution in [3.05, 3.63) is 106 Å². The first-order chi connectivity index (χ1) is 17.9. The van der Waals surface area contributed by atoms with Crippen molar-refractivity contribution in [2.24, 2.45) is 0 Å². The lowest BCUT2D eigenvalue weighted by molar-refractivity contribution is -0.113. The van der Waals surface area contributed by atoms with Crippen molar-refractivity contribution in [3.8, 4) is 5.75 Å². The van der Waals surface area contributed by atoms with E-state index in [-0.39, 0.29) is 5.91 Å². The molecule has 3 aromatic carbocycles. The van der Waals surface area contributed by atoms with Crippen molar-refractivity contribution < 1.29 is 9.53 Å². The molecule has 0 saturated carbocycles. The van der Waals surface area contributed by atoms with Crippen LogP contribution in [0.3, 0.4) is 0 Å². The molecule has 1 atom stereocenters. The van der Waals surface area contributed by atoms with Crippen LogP contribution in [0.25, 0.3) is 0 Å². The van der Waals surface area contributed by atoms with Crippen LogP contribution in [-0.2, 0) is 10.5 Å². The Hall–Kier alpha value is -4.04. The van der Waals surface area contributed by atoms with Crippen molar-refractivity contribution >= 4 is 29.3 Å². The van der Waals surface area contributed by atoms with Gasteiger partial charge in [-0.15, -0.1) is 5.10 Å². The molecule has 1 unspecified atom stereocenters. The largest absolute Gasteiger partial charge is 0.497 e. The van der Waals surface area contributed by atoms with E-state index in [1.807, 2.05) is 54.9 Å². The smallest absolute Gasteiger partial charge is 0.255 e. The Bertz CT molecular complexity index is 1460. The van der Waals surface area contributed by atoms with Gasteiger partial charge in [-0.3, -0.25) is 4.79 Å². The molecule has 2 heterocycles. The van der Waals surface area contributed by atoms with Crippen molar-refractivity contribution in [1.29, 1.82) is 0 Å². The van der Waals surface area contributed by atoms with E-state index in [9.17, 15) is 4.79 Å². The first-order valence-corrected chi connectivity index (χ1v) is 13.0. The number of ether oxygens (including phenoxy) is 1. The summed E-state index contributed by atoms with van der Waals surface area (Å²) in [4.78, 5) is 18.4. The summed E-state index contributed by atoms with van der Waals surface area (Å²) in [6.45, 7) is 6.04. The molecule has 188 valence electrons. The third-order valence-electron chi connectivity index (χ3n) is 6.27. The molecular weight excluding hydrogens is 482 g/mol. The average molecular weight is 512 g/mol. The topological polar surface area (TPSA) is 81.1 Å². The number of fused-ring (bicyclic) bond motifs is 1. The zero-order valence-corrected chi connectivity index (χ0v) is 22.1. The molecule has 4 aromatic rings. The lowest BCUT2D eigenvalue weighted by Crippen LogP contribution is -2.31. The Kier molecular flexibility index (Phi) is 7.01. The Morgan fingerprint density at radius 1 is 1.03 bits per heavy atom. The summed E-state index contributed by atoms with van der Waals surface area (Å²) in [5.74, 6) is 1.91. The highest BCUT2D eigenvalue weighted by molar-refractivity contribution is 7.98. The molecule has 0 spiro atoms. The van der Waals surface area contributed by atoms with Gasteiger partial charge in [0.05, 0.1) is 12.7 Å². The maximum atomic E-state index is 13.6. The normalized spacial score (nSPS) is 14.6. The van der Waals surface area contributed by atoms with Gasteiger partial charge in [0.15, 0.2) is 0 Å². The fourth-order valence-corrected chi connectivity index (χ4v) is 5.14. The summed E-state index contributed by atoms with van der Waals surface area (Å²) in [6.07, 6.45) is 0. The number of thioether (sulfide) groups is 1. The summed E-state index contributed by atoms with van der Waals surface area (Å²) in [5, 5.41) is 11.8. The minimum absolute atomic E-state index is 0.198. The standard InChI is InChI=1S/C29H29N5O2S/c1-18-8-10-22(11-9-18)26-25(27(35)31-23-12-14-24(36-4)15-13-23)20(3)30-28-32-29(33-34(26)28)37-17-21-7-5-6-19(2)16-21/h5-16,26H,17H2,1-4H3,(H,31,35)(H,30,32,33). The van der Waals surface area contributed by atoms with E-state index in [2.05, 4.69) is 54.0 Å². The lowest BCUT2D eigenvalue weighted by atomic mass is 9.94. The van der Waals surface area contributed by atoms with Gasteiger partial charge in [0.1, 0.15) is 11.8 Å². The molecular formula is C29H29N5O2S. The number of hydrogen-bond donors (Lipinski definition) is 2. The van der Waals surface area contributed by atoms with Gasteiger partial charge in [0.2, 0.25) is 11.1 Å². The summed E-state index contributed by atoms with van der Waals surface area (Å²) < 4.78 is 7.05. The molecule has 1 aliphatic rings. The van der Waals surface area contributed by atoms with Crippen molar-refractivity contribution in [3.63, 3.8) is 0 Å². The Morgan fingerprint density at radius 2 is 1.78 bits per heavy atom. The summed E-state index contributed by atoms with van der Waals surface area (Å²) in [6, 6.07) is 23.5. The highest BCUT2D eigenvalue weighted by Gasteiger charge is 2.34. The minimum Gasteiger partial charge on any atom is -0.497 e. The first-order valence-electron chi connectivity index (χ1n) is 12.1. The molecule has 5 rings (SSSR count). The molecule has 37 heavy (non-hydrogen) atoms. The number of amides is 1. The van der Waals surface area contributed by atoms with E-state index in [1.165, 1.54) is 11.1 Å².